The molecular formula is C14H11N3O. The lowest BCUT2D eigenvalue weighted by molar-refractivity contribution is 0.475. The van der Waals surface area contributed by atoms with Gasteiger partial charge in [-0.25, -0.2) is 0 Å². The van der Waals surface area contributed by atoms with E-state index in [2.05, 4.69) is 10.0 Å². The summed E-state index contributed by atoms with van der Waals surface area (Å²) in [6, 6.07) is 14.2. The molecule has 0 bridgehead atoms. The number of benzene rings is 2. The molecule has 0 unspecified atom stereocenters. The minimum Gasteiger partial charge on any atom is -0.508 e. The van der Waals surface area contributed by atoms with E-state index in [1.807, 2.05) is 36.4 Å². The van der Waals surface area contributed by atoms with Crippen LogP contribution in [0.15, 0.2) is 53.6 Å². The third kappa shape index (κ3) is 3.14. The van der Waals surface area contributed by atoms with Gasteiger partial charge in [-0.2, -0.15) is 0 Å². The molecule has 1 N–H and O–H groups in total. The maximum Gasteiger partial charge on any atom is 0.115 e. The molecule has 2 aromatic rings. The highest BCUT2D eigenvalue weighted by atomic mass is 16.3. The largest absolute Gasteiger partial charge is 0.508 e. The van der Waals surface area contributed by atoms with Crippen molar-refractivity contribution in [3.05, 3.63) is 70.1 Å². The molecule has 4 nitrogen and oxygen atoms in total. The van der Waals surface area contributed by atoms with Gasteiger partial charge in [0.2, 0.25) is 0 Å². The number of azide groups is 1. The first-order chi connectivity index (χ1) is 8.78. The van der Waals surface area contributed by atoms with Gasteiger partial charge in [-0.1, -0.05) is 53.7 Å². The second kappa shape index (κ2) is 5.57. The van der Waals surface area contributed by atoms with Gasteiger partial charge in [0.25, 0.3) is 0 Å². The van der Waals surface area contributed by atoms with Crippen molar-refractivity contribution in [3.63, 3.8) is 0 Å². The van der Waals surface area contributed by atoms with Crippen LogP contribution in [-0.4, -0.2) is 5.11 Å². The Morgan fingerprint density at radius 1 is 0.889 bits per heavy atom. The first-order valence-electron chi connectivity index (χ1n) is 5.40. The lowest BCUT2D eigenvalue weighted by atomic mass is 10.1. The number of nitrogens with zero attached hydrogens (tertiary/aromatic N) is 3. The second-order valence-electron chi connectivity index (χ2n) is 3.71. The van der Waals surface area contributed by atoms with Gasteiger partial charge in [-0.3, -0.25) is 0 Å². The predicted molar refractivity (Wildman–Crippen MR) is 72.3 cm³/mol. The Morgan fingerprint density at radius 3 is 1.89 bits per heavy atom. The van der Waals surface area contributed by atoms with Crippen LogP contribution in [0.4, 0.5) is 5.69 Å². The number of phenols is 1. The summed E-state index contributed by atoms with van der Waals surface area (Å²) in [6.45, 7) is 0. The van der Waals surface area contributed by atoms with Gasteiger partial charge in [0.05, 0.1) is 0 Å². The molecule has 4 heteroatoms. The first-order valence-corrected chi connectivity index (χ1v) is 5.40. The summed E-state index contributed by atoms with van der Waals surface area (Å²) < 4.78 is 0. The van der Waals surface area contributed by atoms with Crippen LogP contribution in [-0.2, 0) is 0 Å². The Balaban J connectivity index is 2.13. The van der Waals surface area contributed by atoms with E-state index in [1.165, 1.54) is 0 Å². The fourth-order valence-electron chi connectivity index (χ4n) is 1.48. The van der Waals surface area contributed by atoms with Crippen molar-refractivity contribution in [2.45, 2.75) is 0 Å². The summed E-state index contributed by atoms with van der Waals surface area (Å²) in [7, 11) is 0. The Morgan fingerprint density at radius 2 is 1.39 bits per heavy atom. The first kappa shape index (κ1) is 11.8. The molecule has 0 spiro atoms. The SMILES string of the molecule is [N-]=[N+]=Nc1ccc(C=Cc2ccc(O)cc2)cc1. The number of hydrogen-bond donors (Lipinski definition) is 1. The van der Waals surface area contributed by atoms with Crippen LogP contribution >= 0.6 is 0 Å². The fraction of sp³-hybridized carbons (Fsp3) is 0. The molecule has 0 aromatic heterocycles. The van der Waals surface area contributed by atoms with Crippen LogP contribution in [0.3, 0.4) is 0 Å². The minimum atomic E-state index is 0.255. The van der Waals surface area contributed by atoms with E-state index in [4.69, 9.17) is 10.6 Å². The molecule has 0 saturated carbocycles. The van der Waals surface area contributed by atoms with E-state index < -0.39 is 0 Å². The maximum absolute atomic E-state index is 9.16. The Kier molecular flexibility index (Phi) is 3.64. The molecule has 0 aliphatic heterocycles. The Bertz CT molecular complexity index is 594. The van der Waals surface area contributed by atoms with Gasteiger partial charge in [-0.15, -0.1) is 0 Å². The molecule has 2 aromatic carbocycles. The molecule has 0 saturated heterocycles. The van der Waals surface area contributed by atoms with Crippen LogP contribution in [0.1, 0.15) is 11.1 Å². The van der Waals surface area contributed by atoms with Gasteiger partial charge in [0, 0.05) is 10.6 Å². The van der Waals surface area contributed by atoms with Gasteiger partial charge in [0.1, 0.15) is 5.75 Å². The standard InChI is InChI=1S/C14H11N3O/c15-17-16-13-7-3-11(4-8-13)1-2-12-5-9-14(18)10-6-12/h1-10,18H. The Hall–Kier alpha value is -2.71. The fourth-order valence-corrected chi connectivity index (χ4v) is 1.48. The summed E-state index contributed by atoms with van der Waals surface area (Å²) in [5.41, 5.74) is 10.9. The molecule has 0 fully saturated rings. The molecule has 0 amide bonds. The quantitative estimate of drug-likeness (QED) is 0.363. The van der Waals surface area contributed by atoms with Gasteiger partial charge < -0.3 is 5.11 Å². The van der Waals surface area contributed by atoms with Crippen LogP contribution in [0, 0.1) is 0 Å². The number of hydrogen-bond acceptors (Lipinski definition) is 2. The molecule has 88 valence electrons. The summed E-state index contributed by atoms with van der Waals surface area (Å²) in [6.07, 6.45) is 3.90. The van der Waals surface area contributed by atoms with Gasteiger partial charge >= 0.3 is 0 Å². The molecule has 0 aliphatic rings. The number of rotatable bonds is 3. The summed E-state index contributed by atoms with van der Waals surface area (Å²) in [5.74, 6) is 0.255. The van der Waals surface area contributed by atoms with Crippen LogP contribution in [0.25, 0.3) is 22.6 Å². The zero-order valence-electron chi connectivity index (χ0n) is 9.56. The van der Waals surface area contributed by atoms with E-state index >= 15 is 0 Å². The lowest BCUT2D eigenvalue weighted by Crippen LogP contribution is -1.72. The van der Waals surface area contributed by atoms with E-state index in [9.17, 15) is 0 Å². The van der Waals surface area contributed by atoms with Crippen molar-refractivity contribution in [2.24, 2.45) is 5.11 Å². The van der Waals surface area contributed by atoms with Crippen molar-refractivity contribution in [1.82, 2.24) is 0 Å². The van der Waals surface area contributed by atoms with E-state index in [0.29, 0.717) is 5.69 Å². The highest BCUT2D eigenvalue weighted by molar-refractivity contribution is 5.70. The Labute approximate surface area is 104 Å². The molecule has 0 radical (unpaired) electrons. The molecule has 0 heterocycles. The van der Waals surface area contributed by atoms with Gasteiger partial charge in [0.15, 0.2) is 0 Å². The normalized spacial score (nSPS) is 10.2. The topological polar surface area (TPSA) is 69.0 Å². The van der Waals surface area contributed by atoms with Crippen molar-refractivity contribution in [2.75, 3.05) is 0 Å². The average molecular weight is 237 g/mol. The van der Waals surface area contributed by atoms with E-state index in [-0.39, 0.29) is 5.75 Å². The van der Waals surface area contributed by atoms with Crippen molar-refractivity contribution < 1.29 is 5.11 Å². The monoisotopic (exact) mass is 237 g/mol. The molecule has 0 aliphatic carbocycles. The zero-order chi connectivity index (χ0) is 12.8. The zero-order valence-corrected chi connectivity index (χ0v) is 9.56. The third-order valence-corrected chi connectivity index (χ3v) is 2.41. The van der Waals surface area contributed by atoms with Crippen LogP contribution in [0.2, 0.25) is 0 Å². The maximum atomic E-state index is 9.16. The average Bonchev–Trinajstić information content (AvgIpc) is 2.40. The smallest absolute Gasteiger partial charge is 0.115 e. The number of aromatic hydroxyl groups is 1. The van der Waals surface area contributed by atoms with E-state index in [1.54, 1.807) is 24.3 Å². The van der Waals surface area contributed by atoms with E-state index in [0.717, 1.165) is 11.1 Å². The summed E-state index contributed by atoms with van der Waals surface area (Å²) in [5, 5.41) is 12.7. The van der Waals surface area contributed by atoms with Crippen LogP contribution < -0.4 is 0 Å². The molecule has 18 heavy (non-hydrogen) atoms. The van der Waals surface area contributed by atoms with Crippen molar-refractivity contribution in [1.29, 1.82) is 0 Å². The van der Waals surface area contributed by atoms with Gasteiger partial charge in [-0.05, 0) is 28.8 Å². The molecular weight excluding hydrogens is 226 g/mol. The molecule has 2 rings (SSSR count). The highest BCUT2D eigenvalue weighted by Gasteiger charge is 1.90. The van der Waals surface area contributed by atoms with Crippen molar-refractivity contribution in [3.8, 4) is 5.75 Å². The summed E-state index contributed by atoms with van der Waals surface area (Å²) in [4.78, 5) is 2.72. The third-order valence-electron chi connectivity index (χ3n) is 2.41. The predicted octanol–water partition coefficient (Wildman–Crippen LogP) is 4.50. The van der Waals surface area contributed by atoms with Crippen LogP contribution in [0.5, 0.6) is 5.75 Å². The highest BCUT2D eigenvalue weighted by Crippen LogP contribution is 2.16. The molecule has 0 atom stereocenters. The minimum absolute atomic E-state index is 0.255. The number of phenolic OH excluding ortho intramolecular Hbond substituents is 1. The summed E-state index contributed by atoms with van der Waals surface area (Å²) >= 11 is 0. The second-order valence-corrected chi connectivity index (χ2v) is 3.71. The van der Waals surface area contributed by atoms with Crippen molar-refractivity contribution >= 4 is 17.8 Å². The lowest BCUT2D eigenvalue weighted by Gasteiger charge is -1.96.